The van der Waals surface area contributed by atoms with E-state index in [9.17, 15) is 5.11 Å². The Morgan fingerprint density at radius 1 is 1.31 bits per heavy atom. The number of nitrogens with one attached hydrogen (secondary N) is 1. The smallest absolute Gasteiger partial charge is 0.119 e. The first-order valence-electron chi connectivity index (χ1n) is 5.43. The number of aryl methyl sites for hydroxylation is 1. The van der Waals surface area contributed by atoms with E-state index < -0.39 is 0 Å². The number of imidazole rings is 1. The van der Waals surface area contributed by atoms with Gasteiger partial charge in [-0.1, -0.05) is 26.0 Å². The third-order valence-corrected chi connectivity index (χ3v) is 2.66. The van der Waals surface area contributed by atoms with Crippen LogP contribution < -0.4 is 0 Å². The zero-order chi connectivity index (χ0) is 11.7. The summed E-state index contributed by atoms with van der Waals surface area (Å²) in [6.45, 7) is 6.07. The second-order valence-electron chi connectivity index (χ2n) is 4.34. The third-order valence-electron chi connectivity index (χ3n) is 2.66. The SMILES string of the molecule is Cc1ccc(-c2cnc(C(C)C)[nH]2)cc1O. The molecule has 3 heteroatoms. The predicted octanol–water partition coefficient (Wildman–Crippen LogP) is 3.21. The number of benzene rings is 1. The highest BCUT2D eigenvalue weighted by Crippen LogP contribution is 2.25. The van der Waals surface area contributed by atoms with Crippen LogP contribution in [-0.2, 0) is 0 Å². The van der Waals surface area contributed by atoms with E-state index in [-0.39, 0.29) is 0 Å². The minimum Gasteiger partial charge on any atom is -0.508 e. The molecule has 0 bridgehead atoms. The first-order valence-corrected chi connectivity index (χ1v) is 5.43. The Labute approximate surface area is 95.2 Å². The van der Waals surface area contributed by atoms with Crippen LogP contribution in [0.1, 0.15) is 31.2 Å². The van der Waals surface area contributed by atoms with Crippen LogP contribution in [0.4, 0.5) is 0 Å². The number of hydrogen-bond donors (Lipinski definition) is 2. The molecule has 0 atom stereocenters. The van der Waals surface area contributed by atoms with E-state index in [0.29, 0.717) is 11.7 Å². The molecular weight excluding hydrogens is 200 g/mol. The molecule has 1 heterocycles. The van der Waals surface area contributed by atoms with Crippen molar-refractivity contribution < 1.29 is 5.11 Å². The molecule has 0 unspecified atom stereocenters. The monoisotopic (exact) mass is 216 g/mol. The zero-order valence-electron chi connectivity index (χ0n) is 9.78. The quantitative estimate of drug-likeness (QED) is 0.809. The van der Waals surface area contributed by atoms with Gasteiger partial charge in [0.25, 0.3) is 0 Å². The van der Waals surface area contributed by atoms with Crippen molar-refractivity contribution in [1.29, 1.82) is 0 Å². The molecule has 1 aromatic carbocycles. The van der Waals surface area contributed by atoms with Crippen molar-refractivity contribution in [3.8, 4) is 17.0 Å². The summed E-state index contributed by atoms with van der Waals surface area (Å²) >= 11 is 0. The lowest BCUT2D eigenvalue weighted by atomic mass is 10.1. The van der Waals surface area contributed by atoms with Crippen molar-refractivity contribution in [2.45, 2.75) is 26.7 Å². The Morgan fingerprint density at radius 3 is 2.62 bits per heavy atom. The highest BCUT2D eigenvalue weighted by atomic mass is 16.3. The second kappa shape index (κ2) is 4.00. The van der Waals surface area contributed by atoms with Gasteiger partial charge in [0.05, 0.1) is 11.9 Å². The summed E-state index contributed by atoms with van der Waals surface area (Å²) in [5.41, 5.74) is 2.79. The van der Waals surface area contributed by atoms with Gasteiger partial charge in [0.1, 0.15) is 11.6 Å². The fraction of sp³-hybridized carbons (Fsp3) is 0.308. The summed E-state index contributed by atoms with van der Waals surface area (Å²) in [7, 11) is 0. The molecule has 0 spiro atoms. The van der Waals surface area contributed by atoms with Gasteiger partial charge in [0.2, 0.25) is 0 Å². The number of H-pyrrole nitrogens is 1. The lowest BCUT2D eigenvalue weighted by Gasteiger charge is -2.02. The Balaban J connectivity index is 2.39. The van der Waals surface area contributed by atoms with Crippen LogP contribution in [0.5, 0.6) is 5.75 Å². The molecule has 0 aliphatic rings. The number of aromatic hydroxyl groups is 1. The summed E-state index contributed by atoms with van der Waals surface area (Å²) in [6.07, 6.45) is 1.80. The number of phenols is 1. The van der Waals surface area contributed by atoms with E-state index in [1.54, 1.807) is 12.3 Å². The van der Waals surface area contributed by atoms with Gasteiger partial charge in [0.15, 0.2) is 0 Å². The van der Waals surface area contributed by atoms with Gasteiger partial charge in [-0.3, -0.25) is 0 Å². The Bertz CT molecular complexity index is 500. The van der Waals surface area contributed by atoms with E-state index in [2.05, 4.69) is 23.8 Å². The van der Waals surface area contributed by atoms with E-state index in [0.717, 1.165) is 22.6 Å². The molecule has 0 saturated heterocycles. The van der Waals surface area contributed by atoms with Crippen LogP contribution in [0.15, 0.2) is 24.4 Å². The molecule has 0 amide bonds. The van der Waals surface area contributed by atoms with E-state index >= 15 is 0 Å². The second-order valence-corrected chi connectivity index (χ2v) is 4.34. The van der Waals surface area contributed by atoms with Crippen LogP contribution in [0.3, 0.4) is 0 Å². The van der Waals surface area contributed by atoms with Crippen molar-refractivity contribution >= 4 is 0 Å². The normalized spacial score (nSPS) is 11.0. The van der Waals surface area contributed by atoms with Gasteiger partial charge in [-0.05, 0) is 18.6 Å². The fourth-order valence-electron chi connectivity index (χ4n) is 1.55. The van der Waals surface area contributed by atoms with Crippen LogP contribution in [0.2, 0.25) is 0 Å². The fourth-order valence-corrected chi connectivity index (χ4v) is 1.55. The molecule has 0 radical (unpaired) electrons. The molecule has 0 fully saturated rings. The zero-order valence-corrected chi connectivity index (χ0v) is 9.78. The minimum atomic E-state index is 0.318. The maximum Gasteiger partial charge on any atom is 0.119 e. The molecule has 3 nitrogen and oxygen atoms in total. The molecule has 0 aliphatic carbocycles. The van der Waals surface area contributed by atoms with Crippen LogP contribution in [-0.4, -0.2) is 15.1 Å². The average molecular weight is 216 g/mol. The first kappa shape index (κ1) is 10.7. The van der Waals surface area contributed by atoms with E-state index in [4.69, 9.17) is 0 Å². The van der Waals surface area contributed by atoms with Crippen molar-refractivity contribution in [2.24, 2.45) is 0 Å². The molecule has 0 saturated carbocycles. The predicted molar refractivity (Wildman–Crippen MR) is 64.5 cm³/mol. The van der Waals surface area contributed by atoms with Gasteiger partial charge >= 0.3 is 0 Å². The summed E-state index contributed by atoms with van der Waals surface area (Å²) < 4.78 is 0. The maximum atomic E-state index is 9.64. The lowest BCUT2D eigenvalue weighted by Crippen LogP contribution is -1.89. The van der Waals surface area contributed by atoms with Crippen molar-refractivity contribution in [3.05, 3.63) is 35.8 Å². The summed E-state index contributed by atoms with van der Waals surface area (Å²) in [6, 6.07) is 5.64. The van der Waals surface area contributed by atoms with E-state index in [1.165, 1.54) is 0 Å². The number of phenolic OH excluding ortho intramolecular Hbond substituents is 1. The molecule has 84 valence electrons. The van der Waals surface area contributed by atoms with Crippen molar-refractivity contribution in [3.63, 3.8) is 0 Å². The molecule has 2 aromatic rings. The third kappa shape index (κ3) is 1.94. The number of nitrogens with zero attached hydrogens (tertiary/aromatic N) is 1. The minimum absolute atomic E-state index is 0.318. The Kier molecular flexibility index (Phi) is 2.69. The van der Waals surface area contributed by atoms with Crippen LogP contribution >= 0.6 is 0 Å². The van der Waals surface area contributed by atoms with Gasteiger partial charge in [0, 0.05) is 11.5 Å². The number of rotatable bonds is 2. The van der Waals surface area contributed by atoms with E-state index in [1.807, 2.05) is 19.1 Å². The molecule has 0 aliphatic heterocycles. The molecule has 2 rings (SSSR count). The highest BCUT2D eigenvalue weighted by Gasteiger charge is 2.07. The average Bonchev–Trinajstić information content (AvgIpc) is 2.71. The number of aromatic amines is 1. The molecular formula is C13H16N2O. The summed E-state index contributed by atoms with van der Waals surface area (Å²) in [4.78, 5) is 7.56. The topological polar surface area (TPSA) is 48.9 Å². The Morgan fingerprint density at radius 2 is 2.06 bits per heavy atom. The lowest BCUT2D eigenvalue weighted by molar-refractivity contribution is 0.471. The number of hydrogen-bond acceptors (Lipinski definition) is 2. The number of aromatic nitrogens is 2. The summed E-state index contributed by atoms with van der Waals surface area (Å²) in [5, 5.41) is 9.64. The molecule has 2 N–H and O–H groups in total. The Hall–Kier alpha value is -1.77. The van der Waals surface area contributed by atoms with Gasteiger partial charge in [-0.25, -0.2) is 4.98 Å². The van der Waals surface area contributed by atoms with Crippen molar-refractivity contribution in [1.82, 2.24) is 9.97 Å². The summed E-state index contributed by atoms with van der Waals surface area (Å²) in [5.74, 6) is 1.67. The van der Waals surface area contributed by atoms with Gasteiger partial charge < -0.3 is 10.1 Å². The van der Waals surface area contributed by atoms with Gasteiger partial charge in [-0.15, -0.1) is 0 Å². The largest absolute Gasteiger partial charge is 0.508 e. The molecule has 16 heavy (non-hydrogen) atoms. The van der Waals surface area contributed by atoms with Gasteiger partial charge in [-0.2, -0.15) is 0 Å². The van der Waals surface area contributed by atoms with Crippen LogP contribution in [0.25, 0.3) is 11.3 Å². The standard InChI is InChI=1S/C13H16N2O/c1-8(2)13-14-7-11(15-13)10-5-4-9(3)12(16)6-10/h4-8,16H,1-3H3,(H,14,15). The van der Waals surface area contributed by atoms with Crippen LogP contribution in [0, 0.1) is 6.92 Å². The molecule has 1 aromatic heterocycles. The highest BCUT2D eigenvalue weighted by molar-refractivity contribution is 5.61. The van der Waals surface area contributed by atoms with Crippen molar-refractivity contribution in [2.75, 3.05) is 0 Å². The maximum absolute atomic E-state index is 9.64. The first-order chi connectivity index (χ1) is 7.58.